The molecule has 23 heavy (non-hydrogen) atoms. The lowest BCUT2D eigenvalue weighted by atomic mass is 9.68. The third-order valence-electron chi connectivity index (χ3n) is 7.16. The molecule has 0 aromatic carbocycles. The molecule has 2 unspecified atom stereocenters. The molecule has 2 heterocycles. The van der Waals surface area contributed by atoms with Crippen LogP contribution in [0.5, 0.6) is 0 Å². The van der Waals surface area contributed by atoms with Crippen molar-refractivity contribution in [2.75, 3.05) is 6.61 Å². The fourth-order valence-electron chi connectivity index (χ4n) is 6.61. The molecule has 1 aliphatic heterocycles. The first-order chi connectivity index (χ1) is 11.2. The Hall–Kier alpha value is -2.12. The van der Waals surface area contributed by atoms with E-state index in [2.05, 4.69) is 18.2 Å². The van der Waals surface area contributed by atoms with Gasteiger partial charge in [0.2, 0.25) is 0 Å². The van der Waals surface area contributed by atoms with E-state index in [1.807, 2.05) is 6.07 Å². The number of Topliss-reactive ketones (excluding diaryl/α,β-unsaturated/α-hetero) is 1. The van der Waals surface area contributed by atoms with E-state index in [4.69, 9.17) is 9.15 Å². The van der Waals surface area contributed by atoms with E-state index in [1.54, 1.807) is 12.5 Å². The highest BCUT2D eigenvalue weighted by Gasteiger charge is 2.96. The molecule has 4 nitrogen and oxygen atoms in total. The van der Waals surface area contributed by atoms with Gasteiger partial charge in [-0.25, -0.2) is 0 Å². The van der Waals surface area contributed by atoms with Crippen molar-refractivity contribution in [3.05, 3.63) is 47.5 Å². The van der Waals surface area contributed by atoms with Gasteiger partial charge in [-0.3, -0.25) is 4.79 Å². The van der Waals surface area contributed by atoms with E-state index in [-0.39, 0.29) is 22.7 Å². The average Bonchev–Trinajstić information content (AvgIpc) is 3.07. The summed E-state index contributed by atoms with van der Waals surface area (Å²) in [5.74, 6) is 0.568. The van der Waals surface area contributed by atoms with Crippen LogP contribution in [0.2, 0.25) is 0 Å². The molecule has 5 atom stereocenters. The molecule has 4 saturated carbocycles. The Labute approximate surface area is 133 Å². The Bertz CT molecular complexity index is 873. The maximum Gasteiger partial charge on any atom is 0.155 e. The largest absolute Gasteiger partial charge is 0.472 e. The SMILES string of the molecule is N#CC12C(=O)C[C@@H]3CC14C1=C(C=C[C@]24C3)CO[C@@H]1c1ccoc1. The maximum atomic E-state index is 12.8. The van der Waals surface area contributed by atoms with Gasteiger partial charge in [-0.1, -0.05) is 12.2 Å². The molecule has 114 valence electrons. The third-order valence-corrected chi connectivity index (χ3v) is 7.16. The molecule has 7 rings (SSSR count). The number of nitriles is 1. The van der Waals surface area contributed by atoms with Gasteiger partial charge >= 0.3 is 0 Å². The molecule has 4 heteroatoms. The molecule has 0 radical (unpaired) electrons. The van der Waals surface area contributed by atoms with Crippen LogP contribution in [0.15, 0.2) is 46.3 Å². The van der Waals surface area contributed by atoms with E-state index >= 15 is 0 Å². The zero-order chi connectivity index (χ0) is 15.4. The van der Waals surface area contributed by atoms with E-state index in [9.17, 15) is 10.1 Å². The Balaban J connectivity index is 1.62. The number of ether oxygens (including phenoxy) is 1. The molecule has 5 aliphatic carbocycles. The average molecular weight is 305 g/mol. The van der Waals surface area contributed by atoms with Gasteiger partial charge < -0.3 is 9.15 Å². The normalized spacial score (nSPS) is 48.2. The summed E-state index contributed by atoms with van der Waals surface area (Å²) in [7, 11) is 0. The second-order valence-electron chi connectivity index (χ2n) is 7.66. The quantitative estimate of drug-likeness (QED) is 0.800. The van der Waals surface area contributed by atoms with Gasteiger partial charge in [-0.15, -0.1) is 0 Å². The molecule has 0 saturated heterocycles. The Morgan fingerprint density at radius 1 is 1.35 bits per heavy atom. The van der Waals surface area contributed by atoms with Crippen LogP contribution in [0, 0.1) is 33.5 Å². The number of furan rings is 1. The van der Waals surface area contributed by atoms with Crippen LogP contribution in [-0.4, -0.2) is 12.4 Å². The van der Waals surface area contributed by atoms with Crippen molar-refractivity contribution in [3.63, 3.8) is 0 Å². The standard InChI is InChI=1S/C19H15NO3/c20-10-19-14(21)5-11-6-17(19)3-1-12-9-23-16(13-2-4-22-8-13)15(12)18(17,19)7-11/h1-4,8,11,16H,5-7,9H2/t11-,16+,17+,18?,19?/m0/s1. The number of ketones is 1. The van der Waals surface area contributed by atoms with Gasteiger partial charge in [0, 0.05) is 22.8 Å². The van der Waals surface area contributed by atoms with Gasteiger partial charge in [0.15, 0.2) is 5.78 Å². The van der Waals surface area contributed by atoms with Crippen LogP contribution in [0.4, 0.5) is 0 Å². The predicted molar refractivity (Wildman–Crippen MR) is 78.8 cm³/mol. The molecular formula is C19H15NO3. The van der Waals surface area contributed by atoms with E-state index in [0.29, 0.717) is 18.9 Å². The molecule has 2 spiro atoms. The topological polar surface area (TPSA) is 63.2 Å². The summed E-state index contributed by atoms with van der Waals surface area (Å²) in [6.07, 6.45) is 9.98. The number of carbonyl (C=O) groups is 1. The predicted octanol–water partition coefficient (Wildman–Crippen LogP) is 3.10. The van der Waals surface area contributed by atoms with Crippen LogP contribution in [0.25, 0.3) is 0 Å². The van der Waals surface area contributed by atoms with Crippen LogP contribution in [0.3, 0.4) is 0 Å². The highest BCUT2D eigenvalue weighted by atomic mass is 16.5. The monoisotopic (exact) mass is 305 g/mol. The highest BCUT2D eigenvalue weighted by Crippen LogP contribution is 2.94. The van der Waals surface area contributed by atoms with Crippen molar-refractivity contribution in [3.8, 4) is 6.07 Å². The molecule has 1 aromatic rings. The van der Waals surface area contributed by atoms with Crippen molar-refractivity contribution in [2.45, 2.75) is 25.4 Å². The summed E-state index contributed by atoms with van der Waals surface area (Å²) in [6.45, 7) is 0.555. The first kappa shape index (κ1) is 12.3. The van der Waals surface area contributed by atoms with Crippen molar-refractivity contribution >= 4 is 5.78 Å². The maximum absolute atomic E-state index is 12.8. The summed E-state index contributed by atoms with van der Waals surface area (Å²) < 4.78 is 11.3. The second-order valence-corrected chi connectivity index (χ2v) is 7.66. The van der Waals surface area contributed by atoms with Crippen LogP contribution >= 0.6 is 0 Å². The van der Waals surface area contributed by atoms with Crippen molar-refractivity contribution in [1.29, 1.82) is 5.26 Å². The zero-order valence-corrected chi connectivity index (χ0v) is 12.5. The van der Waals surface area contributed by atoms with Gasteiger partial charge in [-0.2, -0.15) is 5.26 Å². The van der Waals surface area contributed by atoms with E-state index in [1.165, 1.54) is 11.1 Å². The minimum Gasteiger partial charge on any atom is -0.472 e. The van der Waals surface area contributed by atoms with Crippen LogP contribution < -0.4 is 0 Å². The van der Waals surface area contributed by atoms with Gasteiger partial charge in [0.1, 0.15) is 11.5 Å². The Morgan fingerprint density at radius 2 is 2.26 bits per heavy atom. The summed E-state index contributed by atoms with van der Waals surface area (Å²) >= 11 is 0. The van der Waals surface area contributed by atoms with Crippen LogP contribution in [-0.2, 0) is 9.53 Å². The number of hydrogen-bond donors (Lipinski definition) is 0. The lowest BCUT2D eigenvalue weighted by molar-refractivity contribution is -0.128. The van der Waals surface area contributed by atoms with Crippen molar-refractivity contribution < 1.29 is 13.9 Å². The molecule has 0 N–H and O–H groups in total. The zero-order valence-electron chi connectivity index (χ0n) is 12.5. The fourth-order valence-corrected chi connectivity index (χ4v) is 6.61. The number of allylic oxidation sites excluding steroid dienone is 1. The fraction of sp³-hybridized carbons (Fsp3) is 0.474. The lowest BCUT2D eigenvalue weighted by Gasteiger charge is -2.32. The number of rotatable bonds is 1. The number of carbonyl (C=O) groups excluding carboxylic acids is 1. The molecule has 6 aliphatic rings. The third kappa shape index (κ3) is 0.948. The number of hydrogen-bond acceptors (Lipinski definition) is 4. The van der Waals surface area contributed by atoms with E-state index in [0.717, 1.165) is 18.4 Å². The number of fused-ring (bicyclic) bond motifs is 1. The van der Waals surface area contributed by atoms with Gasteiger partial charge in [-0.05, 0) is 36.0 Å². The van der Waals surface area contributed by atoms with E-state index < -0.39 is 5.41 Å². The summed E-state index contributed by atoms with van der Waals surface area (Å²) in [5, 5.41) is 10.0. The minimum atomic E-state index is -0.849. The van der Waals surface area contributed by atoms with Crippen molar-refractivity contribution in [2.24, 2.45) is 22.2 Å². The van der Waals surface area contributed by atoms with Gasteiger partial charge in [0.05, 0.1) is 25.2 Å². The highest BCUT2D eigenvalue weighted by molar-refractivity contribution is 5.99. The summed E-state index contributed by atoms with van der Waals surface area (Å²) in [5.41, 5.74) is 1.90. The molecule has 0 amide bonds. The number of nitrogens with zero attached hydrogens (tertiary/aromatic N) is 1. The summed E-state index contributed by atoms with van der Waals surface area (Å²) in [6, 6.07) is 4.40. The first-order valence-corrected chi connectivity index (χ1v) is 8.21. The molecule has 1 aromatic heterocycles. The molecule has 4 bridgehead atoms. The van der Waals surface area contributed by atoms with Crippen LogP contribution in [0.1, 0.15) is 30.9 Å². The molecular weight excluding hydrogens is 290 g/mol. The Kier molecular flexibility index (Phi) is 1.80. The smallest absolute Gasteiger partial charge is 0.155 e. The lowest BCUT2D eigenvalue weighted by Crippen LogP contribution is -2.36. The van der Waals surface area contributed by atoms with Gasteiger partial charge in [0.25, 0.3) is 0 Å². The Morgan fingerprint density at radius 3 is 3.04 bits per heavy atom. The minimum absolute atomic E-state index is 0.152. The summed E-state index contributed by atoms with van der Waals surface area (Å²) in [4.78, 5) is 12.8. The van der Waals surface area contributed by atoms with Crippen molar-refractivity contribution in [1.82, 2.24) is 0 Å². The first-order valence-electron chi connectivity index (χ1n) is 8.21. The molecule has 4 fully saturated rings. The second kappa shape index (κ2) is 3.37.